The van der Waals surface area contributed by atoms with E-state index in [-0.39, 0.29) is 0 Å². The van der Waals surface area contributed by atoms with Crippen LogP contribution in [0.3, 0.4) is 0 Å². The molecule has 106 valence electrons. The minimum absolute atomic E-state index is 0.554. The lowest BCUT2D eigenvalue weighted by Crippen LogP contribution is -2.43. The Hall–Kier alpha value is -1.29. The third kappa shape index (κ3) is 3.60. The third-order valence-corrected chi connectivity index (χ3v) is 3.95. The first-order valence-electron chi connectivity index (χ1n) is 7.26. The molecule has 1 fully saturated rings. The number of hydrogen-bond acceptors (Lipinski definition) is 4. The van der Waals surface area contributed by atoms with Crippen LogP contribution in [0.4, 0.5) is 5.82 Å². The summed E-state index contributed by atoms with van der Waals surface area (Å²) < 4.78 is 5.48. The van der Waals surface area contributed by atoms with Crippen LogP contribution in [0.5, 0.6) is 5.88 Å². The van der Waals surface area contributed by atoms with E-state index in [1.165, 1.54) is 12.8 Å². The van der Waals surface area contributed by atoms with Gasteiger partial charge in [0.2, 0.25) is 5.88 Å². The summed E-state index contributed by atoms with van der Waals surface area (Å²) in [7, 11) is 2.04. The molecule has 1 aromatic heterocycles. The van der Waals surface area contributed by atoms with Gasteiger partial charge in [0.05, 0.1) is 6.61 Å². The van der Waals surface area contributed by atoms with Crippen LogP contribution in [0.25, 0.3) is 0 Å². The normalized spacial score (nSPS) is 21.2. The van der Waals surface area contributed by atoms with Crippen molar-refractivity contribution in [3.05, 3.63) is 18.2 Å². The predicted octanol–water partition coefficient (Wildman–Crippen LogP) is 2.30. The quantitative estimate of drug-likeness (QED) is 0.884. The van der Waals surface area contributed by atoms with Crippen LogP contribution in [-0.2, 0) is 0 Å². The minimum atomic E-state index is 0.554. The van der Waals surface area contributed by atoms with Crippen LogP contribution >= 0.6 is 0 Å². The molecule has 1 aliphatic heterocycles. The molecule has 2 atom stereocenters. The van der Waals surface area contributed by atoms with Gasteiger partial charge in [-0.05, 0) is 45.7 Å². The van der Waals surface area contributed by atoms with E-state index in [2.05, 4.69) is 28.2 Å². The SMILES string of the molecule is CCOc1cccc(N2CCCC(C(C)NC)C2)n1. The predicted molar refractivity (Wildman–Crippen MR) is 78.9 cm³/mol. The van der Waals surface area contributed by atoms with Crippen molar-refractivity contribution in [1.82, 2.24) is 10.3 Å². The smallest absolute Gasteiger partial charge is 0.215 e. The molecule has 1 saturated heterocycles. The first-order chi connectivity index (χ1) is 9.24. The van der Waals surface area contributed by atoms with Crippen LogP contribution in [0, 0.1) is 5.92 Å². The minimum Gasteiger partial charge on any atom is -0.478 e. The van der Waals surface area contributed by atoms with Crippen molar-refractivity contribution in [2.45, 2.75) is 32.7 Å². The lowest BCUT2D eigenvalue weighted by atomic mass is 9.92. The molecule has 0 saturated carbocycles. The van der Waals surface area contributed by atoms with E-state index >= 15 is 0 Å². The fourth-order valence-corrected chi connectivity index (χ4v) is 2.67. The Morgan fingerprint density at radius 1 is 1.53 bits per heavy atom. The molecule has 0 aliphatic carbocycles. The average Bonchev–Trinajstić information content (AvgIpc) is 2.47. The second-order valence-electron chi connectivity index (χ2n) is 5.19. The Morgan fingerprint density at radius 3 is 3.11 bits per heavy atom. The zero-order chi connectivity index (χ0) is 13.7. The van der Waals surface area contributed by atoms with Crippen LogP contribution < -0.4 is 15.0 Å². The van der Waals surface area contributed by atoms with E-state index in [0.717, 1.165) is 24.8 Å². The summed E-state index contributed by atoms with van der Waals surface area (Å²) in [6.07, 6.45) is 2.53. The largest absolute Gasteiger partial charge is 0.478 e. The number of ether oxygens (including phenoxy) is 1. The molecule has 4 heteroatoms. The molecule has 1 aliphatic rings. The summed E-state index contributed by atoms with van der Waals surface area (Å²) >= 11 is 0. The first-order valence-corrected chi connectivity index (χ1v) is 7.26. The third-order valence-electron chi connectivity index (χ3n) is 3.95. The van der Waals surface area contributed by atoms with Gasteiger partial charge in [0.25, 0.3) is 0 Å². The van der Waals surface area contributed by atoms with Crippen LogP contribution in [0.2, 0.25) is 0 Å². The topological polar surface area (TPSA) is 37.4 Å². The van der Waals surface area contributed by atoms with Crippen LogP contribution in [-0.4, -0.2) is 37.8 Å². The Bertz CT molecular complexity index is 397. The van der Waals surface area contributed by atoms with E-state index in [4.69, 9.17) is 4.74 Å². The summed E-state index contributed by atoms with van der Waals surface area (Å²) in [5.74, 6) is 2.46. The fraction of sp³-hybridized carbons (Fsp3) is 0.667. The van der Waals surface area contributed by atoms with Crippen molar-refractivity contribution in [2.24, 2.45) is 5.92 Å². The van der Waals surface area contributed by atoms with Gasteiger partial charge in [-0.25, -0.2) is 0 Å². The van der Waals surface area contributed by atoms with Crippen molar-refractivity contribution in [3.8, 4) is 5.88 Å². The van der Waals surface area contributed by atoms with Gasteiger partial charge in [0.1, 0.15) is 5.82 Å². The molecular formula is C15H25N3O. The van der Waals surface area contributed by atoms with Crippen LogP contribution in [0.1, 0.15) is 26.7 Å². The monoisotopic (exact) mass is 263 g/mol. The van der Waals surface area contributed by atoms with Gasteiger partial charge in [-0.15, -0.1) is 0 Å². The summed E-state index contributed by atoms with van der Waals surface area (Å²) in [6, 6.07) is 6.58. The molecule has 2 rings (SSSR count). The molecule has 0 amide bonds. The maximum absolute atomic E-state index is 5.48. The van der Waals surface area contributed by atoms with Crippen molar-refractivity contribution in [1.29, 1.82) is 0 Å². The molecule has 0 radical (unpaired) electrons. The summed E-state index contributed by atoms with van der Waals surface area (Å²) in [5.41, 5.74) is 0. The molecule has 19 heavy (non-hydrogen) atoms. The highest BCUT2D eigenvalue weighted by atomic mass is 16.5. The summed E-state index contributed by atoms with van der Waals surface area (Å²) in [6.45, 7) is 7.08. The van der Waals surface area contributed by atoms with E-state index in [1.807, 2.05) is 26.1 Å². The van der Waals surface area contributed by atoms with E-state index in [0.29, 0.717) is 18.6 Å². The first kappa shape index (κ1) is 14.1. The number of nitrogens with one attached hydrogen (secondary N) is 1. The highest BCUT2D eigenvalue weighted by molar-refractivity contribution is 5.41. The zero-order valence-electron chi connectivity index (χ0n) is 12.2. The number of aromatic nitrogens is 1. The maximum Gasteiger partial charge on any atom is 0.215 e. The second kappa shape index (κ2) is 6.75. The van der Waals surface area contributed by atoms with Crippen molar-refractivity contribution in [2.75, 3.05) is 31.6 Å². The van der Waals surface area contributed by atoms with Crippen molar-refractivity contribution in [3.63, 3.8) is 0 Å². The molecule has 0 aromatic carbocycles. The van der Waals surface area contributed by atoms with E-state index in [1.54, 1.807) is 0 Å². The lowest BCUT2D eigenvalue weighted by Gasteiger charge is -2.36. The highest BCUT2D eigenvalue weighted by Gasteiger charge is 2.24. The molecule has 2 unspecified atom stereocenters. The van der Waals surface area contributed by atoms with Gasteiger partial charge >= 0.3 is 0 Å². The van der Waals surface area contributed by atoms with Gasteiger partial charge in [-0.2, -0.15) is 4.98 Å². The number of hydrogen-bond donors (Lipinski definition) is 1. The lowest BCUT2D eigenvalue weighted by molar-refractivity contribution is 0.321. The molecular weight excluding hydrogens is 238 g/mol. The molecule has 1 N–H and O–H groups in total. The van der Waals surface area contributed by atoms with Crippen molar-refractivity contribution >= 4 is 5.82 Å². The Morgan fingerprint density at radius 2 is 2.37 bits per heavy atom. The fourth-order valence-electron chi connectivity index (χ4n) is 2.67. The Labute approximate surface area is 116 Å². The molecule has 4 nitrogen and oxygen atoms in total. The van der Waals surface area contributed by atoms with E-state index in [9.17, 15) is 0 Å². The van der Waals surface area contributed by atoms with Gasteiger partial charge in [0.15, 0.2) is 0 Å². The van der Waals surface area contributed by atoms with Gasteiger partial charge in [-0.1, -0.05) is 6.07 Å². The highest BCUT2D eigenvalue weighted by Crippen LogP contribution is 2.25. The number of piperidine rings is 1. The van der Waals surface area contributed by atoms with Crippen LogP contribution in [0.15, 0.2) is 18.2 Å². The molecule has 0 spiro atoms. The Kier molecular flexibility index (Phi) is 5.02. The summed E-state index contributed by atoms with van der Waals surface area (Å²) in [4.78, 5) is 6.97. The van der Waals surface area contributed by atoms with Gasteiger partial charge < -0.3 is 15.0 Å². The standard InChI is InChI=1S/C15H25N3O/c1-4-19-15-9-5-8-14(17-15)18-10-6-7-13(11-18)12(2)16-3/h5,8-9,12-13,16H,4,6-7,10-11H2,1-3H3. The summed E-state index contributed by atoms with van der Waals surface area (Å²) in [5, 5.41) is 3.37. The Balaban J connectivity index is 2.06. The molecule has 1 aromatic rings. The average molecular weight is 263 g/mol. The van der Waals surface area contributed by atoms with Crippen molar-refractivity contribution < 1.29 is 4.74 Å². The molecule has 0 bridgehead atoms. The number of nitrogens with zero attached hydrogens (tertiary/aromatic N) is 2. The second-order valence-corrected chi connectivity index (χ2v) is 5.19. The number of rotatable bonds is 5. The number of pyridine rings is 1. The van der Waals surface area contributed by atoms with E-state index < -0.39 is 0 Å². The molecule has 2 heterocycles. The van der Waals surface area contributed by atoms with Gasteiger partial charge in [0, 0.05) is 25.2 Å². The van der Waals surface area contributed by atoms with Gasteiger partial charge in [-0.3, -0.25) is 0 Å². The maximum atomic E-state index is 5.48. The number of anilines is 1. The zero-order valence-corrected chi connectivity index (χ0v) is 12.2.